The maximum Gasteiger partial charge on any atom is 0.298 e. The second-order valence-corrected chi connectivity index (χ2v) is 11.1. The van der Waals surface area contributed by atoms with Crippen molar-refractivity contribution in [2.24, 2.45) is 16.8 Å². The molecule has 0 spiro atoms. The fraction of sp³-hybridized carbons (Fsp3) is 0.387. The van der Waals surface area contributed by atoms with Crippen LogP contribution in [0.4, 0.5) is 11.4 Å². The Morgan fingerprint density at radius 1 is 1.03 bits per heavy atom. The number of benzene rings is 3. The van der Waals surface area contributed by atoms with Crippen molar-refractivity contribution < 1.29 is 4.92 Å². The Kier molecular flexibility index (Phi) is 5.76. The molecule has 5 nitrogen and oxygen atoms in total. The molecule has 3 aromatic rings. The standard InChI is InChI=1S/C31H33N3O2/c1-21-27-19-25-15-16-26(32-29(23-9-5-3-6-10-23)24-11-7-4-8-12-24)30(34(35)36)28(25)31(21,2)17-18-33(27)20-22-13-14-22/h3-12,15-16,21-22,27H,13-14,17-20H2,1-2H3/t21-,27-,31-/m1/s1. The summed E-state index contributed by atoms with van der Waals surface area (Å²) in [5.74, 6) is 1.21. The van der Waals surface area contributed by atoms with Gasteiger partial charge in [-0.05, 0) is 55.7 Å². The third-order valence-corrected chi connectivity index (χ3v) is 8.91. The number of nitrogens with zero attached hydrogens (tertiary/aromatic N) is 3. The summed E-state index contributed by atoms with van der Waals surface area (Å²) >= 11 is 0. The van der Waals surface area contributed by atoms with E-state index in [1.54, 1.807) is 0 Å². The molecule has 1 saturated heterocycles. The highest BCUT2D eigenvalue weighted by atomic mass is 16.6. The summed E-state index contributed by atoms with van der Waals surface area (Å²) in [5, 5.41) is 12.7. The summed E-state index contributed by atoms with van der Waals surface area (Å²) in [6.07, 6.45) is 4.53. The highest BCUT2D eigenvalue weighted by molar-refractivity contribution is 6.14. The van der Waals surface area contributed by atoms with Gasteiger partial charge < -0.3 is 0 Å². The summed E-state index contributed by atoms with van der Waals surface area (Å²) in [7, 11) is 0. The number of nitro groups is 1. The van der Waals surface area contributed by atoms with Crippen LogP contribution in [0.2, 0.25) is 0 Å². The van der Waals surface area contributed by atoms with Gasteiger partial charge in [-0.15, -0.1) is 0 Å². The Labute approximate surface area is 213 Å². The van der Waals surface area contributed by atoms with E-state index < -0.39 is 0 Å². The van der Waals surface area contributed by atoms with Crippen LogP contribution >= 0.6 is 0 Å². The zero-order valence-electron chi connectivity index (χ0n) is 21.1. The molecule has 0 amide bonds. The smallest absolute Gasteiger partial charge is 0.298 e. The number of rotatable bonds is 6. The molecule has 3 aromatic carbocycles. The van der Waals surface area contributed by atoms with Crippen molar-refractivity contribution in [1.29, 1.82) is 0 Å². The fourth-order valence-corrected chi connectivity index (χ4v) is 6.57. The summed E-state index contributed by atoms with van der Waals surface area (Å²) in [6.45, 7) is 6.77. The topological polar surface area (TPSA) is 58.7 Å². The van der Waals surface area contributed by atoms with Crippen LogP contribution in [0.15, 0.2) is 77.8 Å². The molecule has 36 heavy (non-hydrogen) atoms. The van der Waals surface area contributed by atoms with Crippen LogP contribution < -0.4 is 0 Å². The maximum absolute atomic E-state index is 12.7. The number of piperidine rings is 1. The normalized spacial score (nSPS) is 25.2. The van der Waals surface area contributed by atoms with E-state index >= 15 is 0 Å². The average Bonchev–Trinajstić information content (AvgIpc) is 3.71. The summed E-state index contributed by atoms with van der Waals surface area (Å²) < 4.78 is 0. The largest absolute Gasteiger partial charge is 0.299 e. The SMILES string of the molecule is C[C@@H]1[C@H]2Cc3ccc(N=C(c4ccccc4)c4ccccc4)c([N+](=O)[O-])c3[C@]1(C)CCN2CC1CC1. The van der Waals surface area contributed by atoms with Gasteiger partial charge in [0.05, 0.1) is 10.6 Å². The second-order valence-electron chi connectivity index (χ2n) is 11.1. The van der Waals surface area contributed by atoms with Crippen LogP contribution in [0.25, 0.3) is 0 Å². The molecule has 1 aliphatic heterocycles. The van der Waals surface area contributed by atoms with Crippen molar-refractivity contribution in [1.82, 2.24) is 4.90 Å². The van der Waals surface area contributed by atoms with Gasteiger partial charge in [-0.25, -0.2) is 4.99 Å². The van der Waals surface area contributed by atoms with Crippen LogP contribution in [-0.4, -0.2) is 34.7 Å². The van der Waals surface area contributed by atoms with Crippen molar-refractivity contribution in [3.8, 4) is 0 Å². The van der Waals surface area contributed by atoms with Gasteiger partial charge in [-0.1, -0.05) is 80.6 Å². The lowest BCUT2D eigenvalue weighted by Crippen LogP contribution is -2.58. The molecule has 2 fully saturated rings. The van der Waals surface area contributed by atoms with Gasteiger partial charge in [0.1, 0.15) is 5.69 Å². The van der Waals surface area contributed by atoms with E-state index in [1.807, 2.05) is 66.7 Å². The first-order valence-electron chi connectivity index (χ1n) is 13.2. The number of aliphatic imine (C=N–C) groups is 1. The van der Waals surface area contributed by atoms with Crippen molar-refractivity contribution in [3.63, 3.8) is 0 Å². The summed E-state index contributed by atoms with van der Waals surface area (Å²) in [4.78, 5) is 20.2. The van der Waals surface area contributed by atoms with Crippen molar-refractivity contribution >= 4 is 17.1 Å². The Balaban J connectivity index is 1.50. The van der Waals surface area contributed by atoms with Gasteiger partial charge in [0, 0.05) is 34.7 Å². The van der Waals surface area contributed by atoms with E-state index in [1.165, 1.54) is 19.4 Å². The molecule has 5 heteroatoms. The van der Waals surface area contributed by atoms with Crippen molar-refractivity contribution in [2.75, 3.05) is 13.1 Å². The van der Waals surface area contributed by atoms with E-state index in [4.69, 9.17) is 4.99 Å². The molecular formula is C31H33N3O2. The maximum atomic E-state index is 12.7. The first kappa shape index (κ1) is 23.1. The van der Waals surface area contributed by atoms with E-state index in [9.17, 15) is 10.1 Å². The lowest BCUT2D eigenvalue weighted by Gasteiger charge is -2.54. The molecule has 0 radical (unpaired) electrons. The fourth-order valence-electron chi connectivity index (χ4n) is 6.57. The third kappa shape index (κ3) is 3.96. The number of likely N-dealkylation sites (tertiary alicyclic amines) is 1. The molecule has 3 atom stereocenters. The van der Waals surface area contributed by atoms with Crippen LogP contribution in [0, 0.1) is 22.0 Å². The van der Waals surface area contributed by atoms with E-state index in [0.29, 0.717) is 17.6 Å². The Bertz CT molecular complexity index is 1270. The lowest BCUT2D eigenvalue weighted by atomic mass is 9.58. The first-order chi connectivity index (χ1) is 17.5. The zero-order valence-corrected chi connectivity index (χ0v) is 21.1. The average molecular weight is 480 g/mol. The van der Waals surface area contributed by atoms with Crippen LogP contribution in [0.5, 0.6) is 0 Å². The molecule has 184 valence electrons. The zero-order chi connectivity index (χ0) is 24.9. The molecule has 1 heterocycles. The van der Waals surface area contributed by atoms with Gasteiger partial charge >= 0.3 is 0 Å². The highest BCUT2D eigenvalue weighted by Gasteiger charge is 2.52. The minimum absolute atomic E-state index is 0.180. The van der Waals surface area contributed by atoms with Gasteiger partial charge in [-0.3, -0.25) is 15.0 Å². The Morgan fingerprint density at radius 3 is 2.25 bits per heavy atom. The van der Waals surface area contributed by atoms with Gasteiger partial charge in [0.15, 0.2) is 0 Å². The molecule has 6 rings (SSSR count). The van der Waals surface area contributed by atoms with Crippen LogP contribution in [0.1, 0.15) is 55.4 Å². The molecule has 0 N–H and O–H groups in total. The quantitative estimate of drug-likeness (QED) is 0.225. The number of hydrogen-bond acceptors (Lipinski definition) is 4. The Morgan fingerprint density at radius 2 is 1.67 bits per heavy atom. The van der Waals surface area contributed by atoms with Crippen LogP contribution in [0.3, 0.4) is 0 Å². The van der Waals surface area contributed by atoms with E-state index in [0.717, 1.165) is 53.3 Å². The highest BCUT2D eigenvalue weighted by Crippen LogP contribution is 2.54. The van der Waals surface area contributed by atoms with E-state index in [-0.39, 0.29) is 16.0 Å². The van der Waals surface area contributed by atoms with E-state index in [2.05, 4.69) is 24.8 Å². The van der Waals surface area contributed by atoms with Gasteiger partial charge in [0.25, 0.3) is 5.69 Å². The first-order valence-corrected chi connectivity index (χ1v) is 13.2. The molecule has 0 aromatic heterocycles. The molecule has 0 unspecified atom stereocenters. The summed E-state index contributed by atoms with van der Waals surface area (Å²) in [6, 6.07) is 24.4. The van der Waals surface area contributed by atoms with Crippen molar-refractivity contribution in [3.05, 3.63) is 105 Å². The predicted octanol–water partition coefficient (Wildman–Crippen LogP) is 6.70. The molecule has 2 bridgehead atoms. The van der Waals surface area contributed by atoms with Crippen molar-refractivity contribution in [2.45, 2.75) is 51.0 Å². The Hall–Kier alpha value is -3.31. The summed E-state index contributed by atoms with van der Waals surface area (Å²) in [5.41, 5.74) is 5.12. The number of hydrogen-bond donors (Lipinski definition) is 0. The molecule has 1 saturated carbocycles. The molecule has 3 aliphatic rings. The van der Waals surface area contributed by atoms with Gasteiger partial charge in [0.2, 0.25) is 0 Å². The predicted molar refractivity (Wildman–Crippen MR) is 144 cm³/mol. The van der Waals surface area contributed by atoms with Crippen LogP contribution in [-0.2, 0) is 11.8 Å². The minimum atomic E-state index is -0.230. The second kappa shape index (κ2) is 8.97. The number of nitro benzene ring substituents is 1. The number of fused-ring (bicyclic) bond motifs is 4. The lowest BCUT2D eigenvalue weighted by molar-refractivity contribution is -0.385. The minimum Gasteiger partial charge on any atom is -0.299 e. The molecular weight excluding hydrogens is 446 g/mol. The third-order valence-electron chi connectivity index (χ3n) is 8.91. The molecule has 2 aliphatic carbocycles. The van der Waals surface area contributed by atoms with Gasteiger partial charge in [-0.2, -0.15) is 0 Å². The monoisotopic (exact) mass is 479 g/mol.